The van der Waals surface area contributed by atoms with Crippen molar-refractivity contribution in [3.8, 4) is 11.1 Å². The van der Waals surface area contributed by atoms with Gasteiger partial charge in [0.1, 0.15) is 11.1 Å². The number of halogens is 4. The summed E-state index contributed by atoms with van der Waals surface area (Å²) in [6, 6.07) is 15.7. The van der Waals surface area contributed by atoms with Crippen LogP contribution in [-0.2, 0) is 32.0 Å². The van der Waals surface area contributed by atoms with Gasteiger partial charge in [-0.2, -0.15) is 13.2 Å². The first kappa shape index (κ1) is 26.2. The third-order valence-corrected chi connectivity index (χ3v) is 9.15. The van der Waals surface area contributed by atoms with E-state index in [1.54, 1.807) is 12.1 Å². The summed E-state index contributed by atoms with van der Waals surface area (Å²) < 4.78 is 73.3. The van der Waals surface area contributed by atoms with Crippen LogP contribution in [0.1, 0.15) is 22.7 Å². The predicted molar refractivity (Wildman–Crippen MR) is 139 cm³/mol. The zero-order valence-corrected chi connectivity index (χ0v) is 22.2. The van der Waals surface area contributed by atoms with Gasteiger partial charge in [0.15, 0.2) is 9.84 Å². The fourth-order valence-corrected chi connectivity index (χ4v) is 7.35. The van der Waals surface area contributed by atoms with Crippen LogP contribution in [-0.4, -0.2) is 31.8 Å². The highest BCUT2D eigenvalue weighted by Crippen LogP contribution is 2.42. The standard InChI is InChI=1S/C27H19BrF3NO5S/c1-37-26(34)21-14-38(35,36)25-22(17-9-5-10-18(12-17)27(29,30)31)20(23(28)24(33)32(21)25)13-16-8-4-7-15-6-2-3-11-19(15)16/h2-12,21H,13-14H2,1H3. The third-order valence-electron chi connectivity index (χ3n) is 6.59. The maximum atomic E-state index is 13.6. The molecule has 0 aliphatic carbocycles. The summed E-state index contributed by atoms with van der Waals surface area (Å²) in [6.07, 6.45) is -4.65. The van der Waals surface area contributed by atoms with Gasteiger partial charge in [0.05, 0.1) is 22.9 Å². The summed E-state index contributed by atoms with van der Waals surface area (Å²) in [7, 11) is -3.21. The van der Waals surface area contributed by atoms with E-state index in [2.05, 4.69) is 15.9 Å². The summed E-state index contributed by atoms with van der Waals surface area (Å²) in [4.78, 5) is 26.0. The molecular weight excluding hydrogens is 587 g/mol. The SMILES string of the molecule is COC(=O)C1CS(=O)(=O)c2c(-c3cccc(C(F)(F)F)c3)c(Cc3cccc4ccccc34)c(Br)c(=O)n21. The zero-order valence-electron chi connectivity index (χ0n) is 19.8. The number of aromatic nitrogens is 1. The van der Waals surface area contributed by atoms with Crippen LogP contribution in [0.25, 0.3) is 21.9 Å². The van der Waals surface area contributed by atoms with Crippen LogP contribution in [0.4, 0.5) is 13.2 Å². The van der Waals surface area contributed by atoms with Gasteiger partial charge in [0.25, 0.3) is 5.56 Å². The van der Waals surface area contributed by atoms with Crippen molar-refractivity contribution in [2.24, 2.45) is 0 Å². The molecule has 0 fully saturated rings. The fourth-order valence-electron chi connectivity index (χ4n) is 4.90. The first-order valence-electron chi connectivity index (χ1n) is 11.4. The van der Waals surface area contributed by atoms with Gasteiger partial charge in [-0.25, -0.2) is 13.2 Å². The topological polar surface area (TPSA) is 82.4 Å². The molecule has 0 radical (unpaired) electrons. The zero-order chi connectivity index (χ0) is 27.4. The molecule has 1 aromatic heterocycles. The number of carbonyl (C=O) groups excluding carboxylic acids is 1. The van der Waals surface area contributed by atoms with Gasteiger partial charge >= 0.3 is 12.1 Å². The highest BCUT2D eigenvalue weighted by atomic mass is 79.9. The van der Waals surface area contributed by atoms with Crippen molar-refractivity contribution in [3.63, 3.8) is 0 Å². The molecule has 4 aromatic rings. The monoisotopic (exact) mass is 605 g/mol. The molecule has 0 saturated carbocycles. The minimum atomic E-state index is -4.69. The number of hydrogen-bond acceptors (Lipinski definition) is 5. The van der Waals surface area contributed by atoms with E-state index in [0.717, 1.165) is 40.1 Å². The summed E-state index contributed by atoms with van der Waals surface area (Å²) in [5, 5.41) is 1.24. The summed E-state index contributed by atoms with van der Waals surface area (Å²) >= 11 is 3.30. The Kier molecular flexibility index (Phi) is 6.47. The second kappa shape index (κ2) is 9.39. The molecule has 1 aliphatic rings. The van der Waals surface area contributed by atoms with E-state index in [-0.39, 0.29) is 27.6 Å². The molecule has 6 nitrogen and oxygen atoms in total. The van der Waals surface area contributed by atoms with Crippen molar-refractivity contribution < 1.29 is 31.1 Å². The van der Waals surface area contributed by atoms with E-state index >= 15 is 0 Å². The molecule has 0 bridgehead atoms. The number of rotatable bonds is 4. The Hall–Kier alpha value is -3.44. The number of benzene rings is 3. The number of fused-ring (bicyclic) bond motifs is 2. The van der Waals surface area contributed by atoms with Crippen LogP contribution in [0.2, 0.25) is 0 Å². The summed E-state index contributed by atoms with van der Waals surface area (Å²) in [5.74, 6) is -1.69. The largest absolute Gasteiger partial charge is 0.467 e. The molecule has 1 atom stereocenters. The lowest BCUT2D eigenvalue weighted by molar-refractivity contribution is -0.144. The number of pyridine rings is 1. The Morgan fingerprint density at radius 3 is 2.47 bits per heavy atom. The molecule has 2 heterocycles. The van der Waals surface area contributed by atoms with E-state index in [0.29, 0.717) is 0 Å². The second-order valence-electron chi connectivity index (χ2n) is 8.86. The maximum absolute atomic E-state index is 13.6. The second-order valence-corrected chi connectivity index (χ2v) is 11.6. The first-order valence-corrected chi connectivity index (χ1v) is 13.8. The quantitative estimate of drug-likeness (QED) is 0.285. The van der Waals surface area contributed by atoms with Crippen molar-refractivity contribution in [2.75, 3.05) is 12.9 Å². The van der Waals surface area contributed by atoms with Gasteiger partial charge in [-0.3, -0.25) is 9.36 Å². The van der Waals surface area contributed by atoms with Gasteiger partial charge in [-0.05, 0) is 55.5 Å². The minimum Gasteiger partial charge on any atom is -0.467 e. The number of nitrogens with zero attached hydrogens (tertiary/aromatic N) is 1. The van der Waals surface area contributed by atoms with Crippen LogP contribution in [0, 0.1) is 0 Å². The lowest BCUT2D eigenvalue weighted by Crippen LogP contribution is -2.31. The van der Waals surface area contributed by atoms with E-state index in [9.17, 15) is 31.2 Å². The normalized spacial score (nSPS) is 16.4. The molecule has 11 heteroatoms. The Morgan fingerprint density at radius 2 is 1.76 bits per heavy atom. The number of carbonyl (C=O) groups is 1. The lowest BCUT2D eigenvalue weighted by atomic mass is 9.93. The van der Waals surface area contributed by atoms with Crippen LogP contribution in [0.3, 0.4) is 0 Å². The number of sulfone groups is 1. The van der Waals surface area contributed by atoms with E-state index < -0.39 is 49.9 Å². The molecule has 0 amide bonds. The minimum absolute atomic E-state index is 0.0367. The Bertz CT molecular complexity index is 1780. The number of alkyl halides is 3. The van der Waals surface area contributed by atoms with Crippen LogP contribution in [0.5, 0.6) is 0 Å². The number of hydrogen-bond donors (Lipinski definition) is 0. The molecule has 1 unspecified atom stereocenters. The average Bonchev–Trinajstić information content (AvgIpc) is 3.17. The predicted octanol–water partition coefficient (Wildman–Crippen LogP) is 5.54. The first-order chi connectivity index (χ1) is 17.9. The smallest absolute Gasteiger partial charge is 0.416 e. The van der Waals surface area contributed by atoms with Crippen molar-refractivity contribution in [1.82, 2.24) is 4.57 Å². The van der Waals surface area contributed by atoms with Crippen LogP contribution >= 0.6 is 15.9 Å². The molecule has 196 valence electrons. The molecule has 5 rings (SSSR count). The number of methoxy groups -OCH3 is 1. The summed E-state index contributed by atoms with van der Waals surface area (Å²) in [6.45, 7) is 0. The van der Waals surface area contributed by atoms with Crippen molar-refractivity contribution >= 4 is 42.5 Å². The average molecular weight is 606 g/mol. The third kappa shape index (κ3) is 4.33. The van der Waals surface area contributed by atoms with Gasteiger partial charge in [0, 0.05) is 12.0 Å². The molecule has 0 saturated heterocycles. The highest BCUT2D eigenvalue weighted by molar-refractivity contribution is 9.10. The van der Waals surface area contributed by atoms with Gasteiger partial charge in [-0.15, -0.1) is 0 Å². The Morgan fingerprint density at radius 1 is 1.08 bits per heavy atom. The van der Waals surface area contributed by atoms with Crippen molar-refractivity contribution in [2.45, 2.75) is 23.7 Å². The Labute approximate surface area is 223 Å². The van der Waals surface area contributed by atoms with Crippen LogP contribution in [0.15, 0.2) is 81.0 Å². The maximum Gasteiger partial charge on any atom is 0.416 e. The molecular formula is C27H19BrF3NO5S. The summed E-state index contributed by atoms with van der Waals surface area (Å²) in [5.41, 5.74) is -0.947. The Balaban J connectivity index is 1.88. The van der Waals surface area contributed by atoms with E-state index in [1.165, 1.54) is 12.1 Å². The van der Waals surface area contributed by atoms with Crippen molar-refractivity contribution in [1.29, 1.82) is 0 Å². The molecule has 0 spiro atoms. The molecule has 38 heavy (non-hydrogen) atoms. The van der Waals surface area contributed by atoms with Gasteiger partial charge < -0.3 is 4.74 Å². The lowest BCUT2D eigenvalue weighted by Gasteiger charge is -2.20. The van der Waals surface area contributed by atoms with Gasteiger partial charge in [-0.1, -0.05) is 54.6 Å². The van der Waals surface area contributed by atoms with E-state index in [4.69, 9.17) is 4.74 Å². The number of esters is 1. The molecule has 0 N–H and O–H groups in total. The van der Waals surface area contributed by atoms with Gasteiger partial charge in [0.2, 0.25) is 0 Å². The fraction of sp³-hybridized carbons (Fsp3) is 0.185. The van der Waals surface area contributed by atoms with E-state index in [1.807, 2.05) is 30.3 Å². The molecule has 1 aliphatic heterocycles. The highest BCUT2D eigenvalue weighted by Gasteiger charge is 2.44. The van der Waals surface area contributed by atoms with Crippen molar-refractivity contribution in [3.05, 3.63) is 98.2 Å². The van der Waals surface area contributed by atoms with Crippen LogP contribution < -0.4 is 5.56 Å². The molecule has 3 aromatic carbocycles. The number of ether oxygens (including phenoxy) is 1.